The number of ether oxygens (including phenoxy) is 1. The zero-order valence-electron chi connectivity index (χ0n) is 11.6. The van der Waals surface area contributed by atoms with Crippen LogP contribution in [0.1, 0.15) is 50.1 Å². The van der Waals surface area contributed by atoms with Crippen molar-refractivity contribution in [2.75, 3.05) is 0 Å². The van der Waals surface area contributed by atoms with E-state index in [0.717, 1.165) is 10.0 Å². The van der Waals surface area contributed by atoms with Gasteiger partial charge in [0, 0.05) is 16.0 Å². The van der Waals surface area contributed by atoms with Gasteiger partial charge in [-0.3, -0.25) is 0 Å². The summed E-state index contributed by atoms with van der Waals surface area (Å²) >= 11 is 3.38. The number of rotatable bonds is 5. The summed E-state index contributed by atoms with van der Waals surface area (Å²) in [5.41, 5.74) is 0.723. The van der Waals surface area contributed by atoms with Gasteiger partial charge in [-0.05, 0) is 19.1 Å². The van der Waals surface area contributed by atoms with Crippen molar-refractivity contribution in [1.29, 1.82) is 0 Å². The van der Waals surface area contributed by atoms with Crippen LogP contribution in [-0.4, -0.2) is 15.2 Å². The molecule has 1 aromatic heterocycles. The topological polar surface area (TPSA) is 68.4 Å². The lowest BCUT2D eigenvalue weighted by molar-refractivity contribution is 0.189. The Balaban J connectivity index is 2.11. The van der Waals surface area contributed by atoms with Crippen LogP contribution >= 0.6 is 15.9 Å². The van der Waals surface area contributed by atoms with Crippen molar-refractivity contribution in [1.82, 2.24) is 10.1 Å². The van der Waals surface area contributed by atoms with E-state index in [-0.39, 0.29) is 12.5 Å². The summed E-state index contributed by atoms with van der Waals surface area (Å²) in [7, 11) is 0. The van der Waals surface area contributed by atoms with Crippen molar-refractivity contribution in [3.05, 3.63) is 40.0 Å². The zero-order valence-corrected chi connectivity index (χ0v) is 13.2. The first-order chi connectivity index (χ1) is 9.47. The number of aliphatic hydroxyl groups is 1. The first kappa shape index (κ1) is 15.0. The quantitative estimate of drug-likeness (QED) is 0.900. The number of halogens is 1. The molecular formula is C14H17BrN2O3. The van der Waals surface area contributed by atoms with Crippen molar-refractivity contribution in [2.45, 2.75) is 39.4 Å². The Morgan fingerprint density at radius 3 is 2.70 bits per heavy atom. The highest BCUT2D eigenvalue weighted by Gasteiger charge is 2.13. The van der Waals surface area contributed by atoms with Gasteiger partial charge in [0.05, 0.1) is 6.10 Å². The van der Waals surface area contributed by atoms with Gasteiger partial charge in [-0.25, -0.2) is 0 Å². The maximum Gasteiger partial charge on any atom is 0.229 e. The van der Waals surface area contributed by atoms with E-state index in [4.69, 9.17) is 9.26 Å². The van der Waals surface area contributed by atoms with Gasteiger partial charge >= 0.3 is 0 Å². The third kappa shape index (κ3) is 3.58. The SMILES string of the molecule is CC(C)c1nc(COc2cc(Br)ccc2[C@H](C)O)no1. The predicted octanol–water partition coefficient (Wildman–Crippen LogP) is 3.59. The molecule has 1 heterocycles. The smallest absolute Gasteiger partial charge is 0.229 e. The summed E-state index contributed by atoms with van der Waals surface area (Å²) in [6.07, 6.45) is -0.602. The minimum Gasteiger partial charge on any atom is -0.485 e. The molecule has 6 heteroatoms. The second-order valence-electron chi connectivity index (χ2n) is 4.85. The van der Waals surface area contributed by atoms with Crippen LogP contribution in [-0.2, 0) is 6.61 Å². The van der Waals surface area contributed by atoms with Crippen molar-refractivity contribution < 1.29 is 14.4 Å². The van der Waals surface area contributed by atoms with Gasteiger partial charge in [0.2, 0.25) is 11.7 Å². The van der Waals surface area contributed by atoms with Crippen molar-refractivity contribution in [3.63, 3.8) is 0 Å². The Labute approximate surface area is 126 Å². The lowest BCUT2D eigenvalue weighted by atomic mass is 10.1. The molecule has 0 fully saturated rings. The first-order valence-corrected chi connectivity index (χ1v) is 7.19. The molecule has 0 saturated heterocycles. The van der Waals surface area contributed by atoms with E-state index in [1.807, 2.05) is 32.0 Å². The lowest BCUT2D eigenvalue weighted by Gasteiger charge is -2.12. The molecule has 0 spiro atoms. The van der Waals surface area contributed by atoms with Crippen LogP contribution in [0.15, 0.2) is 27.2 Å². The summed E-state index contributed by atoms with van der Waals surface area (Å²) in [6.45, 7) is 5.86. The van der Waals surface area contributed by atoms with Crippen molar-refractivity contribution in [3.8, 4) is 5.75 Å². The fraction of sp³-hybridized carbons (Fsp3) is 0.429. The van der Waals surface area contributed by atoms with Crippen LogP contribution in [0.25, 0.3) is 0 Å². The number of hydrogen-bond donors (Lipinski definition) is 1. The monoisotopic (exact) mass is 340 g/mol. The molecule has 0 aliphatic heterocycles. The van der Waals surface area contributed by atoms with Crippen LogP contribution in [0.4, 0.5) is 0 Å². The number of hydrogen-bond acceptors (Lipinski definition) is 5. The predicted molar refractivity (Wildman–Crippen MR) is 77.5 cm³/mol. The van der Waals surface area contributed by atoms with Crippen LogP contribution in [0, 0.1) is 0 Å². The highest BCUT2D eigenvalue weighted by Crippen LogP contribution is 2.29. The molecule has 2 aromatic rings. The van der Waals surface area contributed by atoms with Gasteiger partial charge in [-0.15, -0.1) is 0 Å². The van der Waals surface area contributed by atoms with Gasteiger partial charge in [0.25, 0.3) is 0 Å². The number of nitrogens with zero attached hydrogens (tertiary/aromatic N) is 2. The first-order valence-electron chi connectivity index (χ1n) is 6.40. The van der Waals surface area contributed by atoms with Gasteiger partial charge in [-0.1, -0.05) is 41.0 Å². The summed E-state index contributed by atoms with van der Waals surface area (Å²) < 4.78 is 11.7. The van der Waals surface area contributed by atoms with Crippen molar-refractivity contribution >= 4 is 15.9 Å². The minimum atomic E-state index is -0.602. The summed E-state index contributed by atoms with van der Waals surface area (Å²) in [5, 5.41) is 13.6. The van der Waals surface area contributed by atoms with E-state index in [1.165, 1.54) is 0 Å². The normalized spacial score (nSPS) is 12.7. The summed E-state index contributed by atoms with van der Waals surface area (Å²) in [6, 6.07) is 5.49. The van der Waals surface area contributed by atoms with E-state index in [2.05, 4.69) is 26.1 Å². The molecule has 0 unspecified atom stereocenters. The van der Waals surface area contributed by atoms with E-state index in [1.54, 1.807) is 6.92 Å². The maximum atomic E-state index is 9.72. The summed E-state index contributed by atoms with van der Waals surface area (Å²) in [4.78, 5) is 4.24. The Kier molecular flexibility index (Phi) is 4.77. The molecule has 1 N–H and O–H groups in total. The molecule has 20 heavy (non-hydrogen) atoms. The second-order valence-corrected chi connectivity index (χ2v) is 5.77. The molecule has 0 aliphatic carbocycles. The number of aliphatic hydroxyl groups excluding tert-OH is 1. The molecule has 5 nitrogen and oxygen atoms in total. The molecule has 108 valence electrons. The van der Waals surface area contributed by atoms with E-state index < -0.39 is 6.10 Å². The van der Waals surface area contributed by atoms with Gasteiger partial charge in [0.1, 0.15) is 5.75 Å². The number of benzene rings is 1. The Morgan fingerprint density at radius 2 is 2.10 bits per heavy atom. The molecule has 2 rings (SSSR count). The summed E-state index contributed by atoms with van der Waals surface area (Å²) in [5.74, 6) is 1.87. The Bertz CT molecular complexity index is 582. The van der Waals surface area contributed by atoms with Crippen LogP contribution in [0.3, 0.4) is 0 Å². The van der Waals surface area contributed by atoms with E-state index in [0.29, 0.717) is 17.5 Å². The molecule has 0 saturated carbocycles. The molecule has 1 atom stereocenters. The average molecular weight is 341 g/mol. The molecule has 1 aromatic carbocycles. The Hall–Kier alpha value is -1.40. The fourth-order valence-corrected chi connectivity index (χ4v) is 2.02. The van der Waals surface area contributed by atoms with Gasteiger partial charge in [0.15, 0.2) is 6.61 Å². The lowest BCUT2D eigenvalue weighted by Crippen LogP contribution is -2.02. The second kappa shape index (κ2) is 6.37. The standard InChI is InChI=1S/C14H17BrN2O3/c1-8(2)14-16-13(17-20-14)7-19-12-6-10(15)4-5-11(12)9(3)18/h4-6,8-9,18H,7H2,1-3H3/t9-/m0/s1. The molecule has 0 aliphatic rings. The molecule has 0 radical (unpaired) electrons. The molecule has 0 amide bonds. The highest BCUT2D eigenvalue weighted by molar-refractivity contribution is 9.10. The third-order valence-corrected chi connectivity index (χ3v) is 3.25. The Morgan fingerprint density at radius 1 is 1.35 bits per heavy atom. The largest absolute Gasteiger partial charge is 0.485 e. The van der Waals surface area contributed by atoms with Crippen LogP contribution in [0.2, 0.25) is 0 Å². The zero-order chi connectivity index (χ0) is 14.7. The van der Waals surface area contributed by atoms with E-state index in [9.17, 15) is 5.11 Å². The fourth-order valence-electron chi connectivity index (χ4n) is 1.68. The highest BCUT2D eigenvalue weighted by atomic mass is 79.9. The minimum absolute atomic E-state index is 0.190. The third-order valence-electron chi connectivity index (χ3n) is 2.76. The molecular weight excluding hydrogens is 324 g/mol. The van der Waals surface area contributed by atoms with Gasteiger partial charge < -0.3 is 14.4 Å². The van der Waals surface area contributed by atoms with Crippen LogP contribution < -0.4 is 4.74 Å². The average Bonchev–Trinajstić information content (AvgIpc) is 2.85. The van der Waals surface area contributed by atoms with Crippen molar-refractivity contribution in [2.24, 2.45) is 0 Å². The number of aromatic nitrogens is 2. The maximum absolute atomic E-state index is 9.72. The van der Waals surface area contributed by atoms with Crippen LogP contribution in [0.5, 0.6) is 5.75 Å². The molecule has 0 bridgehead atoms. The van der Waals surface area contributed by atoms with Gasteiger partial charge in [-0.2, -0.15) is 4.98 Å². The van der Waals surface area contributed by atoms with E-state index >= 15 is 0 Å².